The van der Waals surface area contributed by atoms with E-state index in [1.807, 2.05) is 6.92 Å². The second-order valence-electron chi connectivity index (χ2n) is 10.5. The first kappa shape index (κ1) is 28.5. The van der Waals surface area contributed by atoms with Crippen LogP contribution in [0.3, 0.4) is 0 Å². The second-order valence-corrected chi connectivity index (χ2v) is 10.5. The third-order valence-corrected chi connectivity index (χ3v) is 7.48. The number of rotatable bonds is 6. The number of nitrogen functional groups attached to an aromatic ring is 1. The standard InChI is InChI=1S/C28H32F3N5O3/c1-13-7-14(8-21(33)26(13)37)16-5-6-34-12-22(16)35-27(38)25-20(32)11-19(31)24(36-25)23-17(29)9-15(10-18(23)30)28(2,3)39-4/h5-6,9-14,21,26,37H,7-8,32-33H2,1-4H3,(H,35,38). The van der Waals surface area contributed by atoms with E-state index in [-0.39, 0.29) is 23.1 Å². The highest BCUT2D eigenvalue weighted by Crippen LogP contribution is 2.39. The van der Waals surface area contributed by atoms with E-state index in [9.17, 15) is 14.3 Å². The van der Waals surface area contributed by atoms with E-state index in [4.69, 9.17) is 16.2 Å². The maximum Gasteiger partial charge on any atom is 0.276 e. The van der Waals surface area contributed by atoms with E-state index >= 15 is 8.78 Å². The molecule has 8 nitrogen and oxygen atoms in total. The van der Waals surface area contributed by atoms with Crippen molar-refractivity contribution in [1.29, 1.82) is 0 Å². The van der Waals surface area contributed by atoms with Crippen molar-refractivity contribution in [2.24, 2.45) is 11.7 Å². The molecular weight excluding hydrogens is 511 g/mol. The number of anilines is 2. The number of amides is 1. The van der Waals surface area contributed by atoms with Gasteiger partial charge in [-0.2, -0.15) is 0 Å². The van der Waals surface area contributed by atoms with E-state index in [2.05, 4.69) is 15.3 Å². The number of carbonyl (C=O) groups is 1. The van der Waals surface area contributed by atoms with Crippen LogP contribution in [0, 0.1) is 23.4 Å². The van der Waals surface area contributed by atoms with Crippen LogP contribution in [0.1, 0.15) is 61.1 Å². The Morgan fingerprint density at radius 3 is 2.44 bits per heavy atom. The van der Waals surface area contributed by atoms with Crippen LogP contribution in [0.2, 0.25) is 0 Å². The molecule has 1 amide bonds. The summed E-state index contributed by atoms with van der Waals surface area (Å²) in [4.78, 5) is 21.3. The number of nitrogens with two attached hydrogens (primary N) is 2. The summed E-state index contributed by atoms with van der Waals surface area (Å²) in [6.45, 7) is 5.16. The summed E-state index contributed by atoms with van der Waals surface area (Å²) in [5, 5.41) is 12.9. The summed E-state index contributed by atoms with van der Waals surface area (Å²) in [5.74, 6) is -4.17. The zero-order chi connectivity index (χ0) is 28.6. The van der Waals surface area contributed by atoms with Gasteiger partial charge in [0.25, 0.3) is 5.91 Å². The number of pyridine rings is 2. The monoisotopic (exact) mass is 543 g/mol. The summed E-state index contributed by atoms with van der Waals surface area (Å²) in [6, 6.07) is 4.19. The van der Waals surface area contributed by atoms with Crippen molar-refractivity contribution in [2.45, 2.75) is 57.3 Å². The number of methoxy groups -OCH3 is 1. The van der Waals surface area contributed by atoms with Gasteiger partial charge in [-0.3, -0.25) is 9.78 Å². The Balaban J connectivity index is 1.69. The topological polar surface area (TPSA) is 136 Å². The maximum absolute atomic E-state index is 15.1. The zero-order valence-corrected chi connectivity index (χ0v) is 22.1. The fourth-order valence-electron chi connectivity index (χ4n) is 5.00. The molecule has 39 heavy (non-hydrogen) atoms. The van der Waals surface area contributed by atoms with E-state index in [1.165, 1.54) is 13.3 Å². The summed E-state index contributed by atoms with van der Waals surface area (Å²) >= 11 is 0. The van der Waals surface area contributed by atoms with Crippen LogP contribution in [0.15, 0.2) is 36.7 Å². The fraction of sp³-hybridized carbons (Fsp3) is 0.393. The Hall–Kier alpha value is -3.54. The molecule has 0 spiro atoms. The van der Waals surface area contributed by atoms with Gasteiger partial charge in [0.2, 0.25) is 0 Å². The second kappa shape index (κ2) is 10.9. The van der Waals surface area contributed by atoms with Crippen LogP contribution in [0.5, 0.6) is 0 Å². The molecule has 4 atom stereocenters. The third-order valence-electron chi connectivity index (χ3n) is 7.48. The van der Waals surface area contributed by atoms with Gasteiger partial charge in [0.05, 0.1) is 34.8 Å². The molecule has 4 rings (SSSR count). The first-order valence-electron chi connectivity index (χ1n) is 12.5. The predicted molar refractivity (Wildman–Crippen MR) is 141 cm³/mol. The smallest absolute Gasteiger partial charge is 0.276 e. The number of carbonyl (C=O) groups excluding carboxylic acids is 1. The minimum atomic E-state index is -1.09. The van der Waals surface area contributed by atoms with E-state index in [1.54, 1.807) is 26.1 Å². The highest BCUT2D eigenvalue weighted by Gasteiger charge is 2.34. The van der Waals surface area contributed by atoms with Gasteiger partial charge in [-0.1, -0.05) is 6.92 Å². The Morgan fingerprint density at radius 2 is 1.82 bits per heavy atom. The van der Waals surface area contributed by atoms with Crippen LogP contribution in [-0.4, -0.2) is 40.2 Å². The highest BCUT2D eigenvalue weighted by molar-refractivity contribution is 6.07. The molecule has 11 heteroatoms. The average Bonchev–Trinajstić information content (AvgIpc) is 2.87. The van der Waals surface area contributed by atoms with Crippen molar-refractivity contribution in [3.05, 3.63) is 70.9 Å². The molecule has 0 saturated heterocycles. The molecule has 1 aliphatic rings. The third kappa shape index (κ3) is 5.61. The SMILES string of the molecule is COC(C)(C)c1cc(F)c(-c2nc(C(=O)Nc3cnccc3C3CC(C)C(O)C(N)C3)c(N)cc2F)c(F)c1. The van der Waals surface area contributed by atoms with Crippen LogP contribution >= 0.6 is 0 Å². The predicted octanol–water partition coefficient (Wildman–Crippen LogP) is 4.48. The van der Waals surface area contributed by atoms with Gasteiger partial charge in [0.15, 0.2) is 11.5 Å². The number of ether oxygens (including phenoxy) is 1. The summed E-state index contributed by atoms with van der Waals surface area (Å²) in [5.41, 5.74) is 10.2. The quantitative estimate of drug-likeness (QED) is 0.360. The van der Waals surface area contributed by atoms with Crippen molar-refractivity contribution >= 4 is 17.3 Å². The first-order valence-corrected chi connectivity index (χ1v) is 12.5. The fourth-order valence-corrected chi connectivity index (χ4v) is 5.00. The number of hydrogen-bond donors (Lipinski definition) is 4. The number of aliphatic hydroxyl groups is 1. The molecule has 3 aromatic rings. The molecule has 6 N–H and O–H groups in total. The lowest BCUT2D eigenvalue weighted by molar-refractivity contribution is 0.0187. The maximum atomic E-state index is 15.1. The Kier molecular flexibility index (Phi) is 7.97. The van der Waals surface area contributed by atoms with E-state index < -0.39 is 58.1 Å². The number of benzene rings is 1. The number of aliphatic hydroxyl groups excluding tert-OH is 1. The van der Waals surface area contributed by atoms with Gasteiger partial charge in [0, 0.05) is 25.4 Å². The van der Waals surface area contributed by atoms with Gasteiger partial charge in [-0.05, 0) is 67.9 Å². The number of halogens is 3. The minimum absolute atomic E-state index is 0.0573. The van der Waals surface area contributed by atoms with Crippen molar-refractivity contribution in [3.63, 3.8) is 0 Å². The molecule has 4 unspecified atom stereocenters. The molecule has 208 valence electrons. The van der Waals surface area contributed by atoms with Crippen molar-refractivity contribution in [3.8, 4) is 11.3 Å². The zero-order valence-electron chi connectivity index (χ0n) is 22.1. The summed E-state index contributed by atoms with van der Waals surface area (Å²) < 4.78 is 50.4. The molecule has 0 aliphatic heterocycles. The van der Waals surface area contributed by atoms with E-state index in [0.29, 0.717) is 18.5 Å². The van der Waals surface area contributed by atoms with E-state index in [0.717, 1.165) is 23.8 Å². The summed E-state index contributed by atoms with van der Waals surface area (Å²) in [6.07, 6.45) is 3.53. The molecule has 0 bridgehead atoms. The van der Waals surface area contributed by atoms with Gasteiger partial charge < -0.3 is 26.6 Å². The number of nitrogens with one attached hydrogen (secondary N) is 1. The number of hydrogen-bond acceptors (Lipinski definition) is 7. The Bertz CT molecular complexity index is 1370. The van der Waals surface area contributed by atoms with Gasteiger partial charge in [-0.25, -0.2) is 18.2 Å². The van der Waals surface area contributed by atoms with Crippen molar-refractivity contribution in [1.82, 2.24) is 9.97 Å². The Morgan fingerprint density at radius 1 is 1.15 bits per heavy atom. The molecule has 1 aromatic carbocycles. The largest absolute Gasteiger partial charge is 0.397 e. The van der Waals surface area contributed by atoms with Crippen LogP contribution in [0.4, 0.5) is 24.5 Å². The van der Waals surface area contributed by atoms with Crippen LogP contribution in [-0.2, 0) is 10.3 Å². The Labute approximate surface area is 224 Å². The number of nitrogens with zero attached hydrogens (tertiary/aromatic N) is 2. The van der Waals surface area contributed by atoms with Gasteiger partial charge >= 0.3 is 0 Å². The summed E-state index contributed by atoms with van der Waals surface area (Å²) in [7, 11) is 1.40. The normalized spacial score (nSPS) is 21.6. The molecule has 1 aliphatic carbocycles. The lowest BCUT2D eigenvalue weighted by Gasteiger charge is -2.36. The average molecular weight is 544 g/mol. The van der Waals surface area contributed by atoms with Crippen molar-refractivity contribution < 1.29 is 27.8 Å². The van der Waals surface area contributed by atoms with Gasteiger partial charge in [-0.15, -0.1) is 0 Å². The lowest BCUT2D eigenvalue weighted by Crippen LogP contribution is -2.44. The number of aromatic nitrogens is 2. The molecular formula is C28H32F3N5O3. The lowest BCUT2D eigenvalue weighted by atomic mass is 9.74. The minimum Gasteiger partial charge on any atom is -0.397 e. The molecule has 0 radical (unpaired) electrons. The van der Waals surface area contributed by atoms with Crippen molar-refractivity contribution in [2.75, 3.05) is 18.2 Å². The molecule has 2 heterocycles. The van der Waals surface area contributed by atoms with Gasteiger partial charge in [0.1, 0.15) is 17.3 Å². The van der Waals surface area contributed by atoms with Crippen LogP contribution < -0.4 is 16.8 Å². The molecule has 1 saturated carbocycles. The molecule has 1 fully saturated rings. The van der Waals surface area contributed by atoms with Crippen LogP contribution in [0.25, 0.3) is 11.3 Å². The first-order chi connectivity index (χ1) is 18.3. The molecule has 2 aromatic heterocycles. The highest BCUT2D eigenvalue weighted by atomic mass is 19.1.